The van der Waals surface area contributed by atoms with Crippen LogP contribution in [-0.4, -0.2) is 38.4 Å². The van der Waals surface area contributed by atoms with Gasteiger partial charge in [0.1, 0.15) is 6.54 Å². The second kappa shape index (κ2) is 12.0. The zero-order valence-electron chi connectivity index (χ0n) is 18.4. The molecule has 1 aliphatic carbocycles. The standard InChI is InChI=1S/C24H31ClN2O3S2/c1-19-8-14-23(15-9-19)32(29,30)27(21-12-10-20(25)11-13-21)18-24(28)26-16-5-17-31-22-6-3-2-4-7-22/h8-15,22H,2-7,16-18H2,1H3,(H,26,28). The highest BCUT2D eigenvalue weighted by atomic mass is 35.5. The lowest BCUT2D eigenvalue weighted by atomic mass is 10.0. The molecule has 1 saturated carbocycles. The topological polar surface area (TPSA) is 66.5 Å². The van der Waals surface area contributed by atoms with Crippen molar-refractivity contribution >= 4 is 45.0 Å². The van der Waals surface area contributed by atoms with Crippen LogP contribution in [0, 0.1) is 6.92 Å². The number of aryl methyl sites for hydroxylation is 1. The summed E-state index contributed by atoms with van der Waals surface area (Å²) in [6, 6.07) is 13.1. The minimum Gasteiger partial charge on any atom is -0.354 e. The first-order chi connectivity index (χ1) is 15.4. The molecule has 0 aliphatic heterocycles. The van der Waals surface area contributed by atoms with Crippen molar-refractivity contribution in [2.45, 2.75) is 55.6 Å². The number of thioether (sulfide) groups is 1. The Morgan fingerprint density at radius 3 is 2.38 bits per heavy atom. The molecule has 0 saturated heterocycles. The molecule has 8 heteroatoms. The number of halogens is 1. The minimum absolute atomic E-state index is 0.148. The van der Waals surface area contributed by atoms with Crippen molar-refractivity contribution in [2.24, 2.45) is 0 Å². The van der Waals surface area contributed by atoms with E-state index in [4.69, 9.17) is 11.6 Å². The maximum absolute atomic E-state index is 13.3. The molecule has 0 spiro atoms. The van der Waals surface area contributed by atoms with Crippen LogP contribution in [0.25, 0.3) is 0 Å². The molecule has 174 valence electrons. The molecule has 3 rings (SSSR count). The van der Waals surface area contributed by atoms with Gasteiger partial charge in [0.25, 0.3) is 10.0 Å². The highest BCUT2D eigenvalue weighted by molar-refractivity contribution is 7.99. The molecule has 1 N–H and O–H groups in total. The Balaban J connectivity index is 1.61. The molecule has 32 heavy (non-hydrogen) atoms. The quantitative estimate of drug-likeness (QED) is 0.448. The van der Waals surface area contributed by atoms with Crippen molar-refractivity contribution in [3.63, 3.8) is 0 Å². The number of benzene rings is 2. The highest BCUT2D eigenvalue weighted by Gasteiger charge is 2.27. The van der Waals surface area contributed by atoms with Crippen molar-refractivity contribution in [1.29, 1.82) is 0 Å². The lowest BCUT2D eigenvalue weighted by Crippen LogP contribution is -2.41. The summed E-state index contributed by atoms with van der Waals surface area (Å²) in [6.45, 7) is 2.15. The molecule has 5 nitrogen and oxygen atoms in total. The van der Waals surface area contributed by atoms with E-state index in [1.807, 2.05) is 18.7 Å². The monoisotopic (exact) mass is 494 g/mol. The summed E-state index contributed by atoms with van der Waals surface area (Å²) in [5.74, 6) is 0.686. The summed E-state index contributed by atoms with van der Waals surface area (Å²) < 4.78 is 27.8. The molecule has 0 aromatic heterocycles. The third kappa shape index (κ3) is 7.15. The lowest BCUT2D eigenvalue weighted by molar-refractivity contribution is -0.119. The fourth-order valence-corrected chi connectivity index (χ4v) is 6.59. The number of nitrogens with zero attached hydrogens (tertiary/aromatic N) is 1. The number of sulfonamides is 1. The molecule has 0 radical (unpaired) electrons. The van der Waals surface area contributed by atoms with E-state index in [0.717, 1.165) is 27.3 Å². The maximum Gasteiger partial charge on any atom is 0.264 e. The largest absolute Gasteiger partial charge is 0.354 e. The van der Waals surface area contributed by atoms with Crippen LogP contribution >= 0.6 is 23.4 Å². The molecule has 0 bridgehead atoms. The van der Waals surface area contributed by atoms with Crippen LogP contribution in [0.1, 0.15) is 44.1 Å². The molecule has 1 amide bonds. The van der Waals surface area contributed by atoms with Gasteiger partial charge in [-0.1, -0.05) is 48.6 Å². The first-order valence-corrected chi connectivity index (χ1v) is 14.0. The van der Waals surface area contributed by atoms with Crippen LogP contribution in [0.2, 0.25) is 5.02 Å². The number of amides is 1. The van der Waals surface area contributed by atoms with Gasteiger partial charge in [0.2, 0.25) is 5.91 Å². The zero-order chi connectivity index (χ0) is 23.0. The van der Waals surface area contributed by atoms with Gasteiger partial charge in [-0.15, -0.1) is 0 Å². The number of hydrogen-bond acceptors (Lipinski definition) is 4. The Bertz CT molecular complexity index is 973. The summed E-state index contributed by atoms with van der Waals surface area (Å²) in [5.41, 5.74) is 1.36. The van der Waals surface area contributed by atoms with E-state index in [2.05, 4.69) is 5.32 Å². The molecular weight excluding hydrogens is 464 g/mol. The number of anilines is 1. The van der Waals surface area contributed by atoms with Crippen molar-refractivity contribution < 1.29 is 13.2 Å². The summed E-state index contributed by atoms with van der Waals surface area (Å²) in [7, 11) is -3.90. The number of nitrogens with one attached hydrogen (secondary N) is 1. The van der Waals surface area contributed by atoms with E-state index in [1.165, 1.54) is 32.1 Å². The summed E-state index contributed by atoms with van der Waals surface area (Å²) >= 11 is 7.97. The van der Waals surface area contributed by atoms with E-state index in [1.54, 1.807) is 48.5 Å². The average Bonchev–Trinajstić information content (AvgIpc) is 2.79. The number of carbonyl (C=O) groups excluding carboxylic acids is 1. The number of carbonyl (C=O) groups is 1. The molecule has 0 unspecified atom stereocenters. The van der Waals surface area contributed by atoms with E-state index >= 15 is 0 Å². The van der Waals surface area contributed by atoms with E-state index in [0.29, 0.717) is 17.3 Å². The Kier molecular flexibility index (Phi) is 9.32. The predicted molar refractivity (Wildman–Crippen MR) is 134 cm³/mol. The van der Waals surface area contributed by atoms with Gasteiger partial charge in [0.15, 0.2) is 0 Å². The maximum atomic E-state index is 13.3. The lowest BCUT2D eigenvalue weighted by Gasteiger charge is -2.24. The Labute approximate surface area is 201 Å². The molecule has 0 heterocycles. The van der Waals surface area contributed by atoms with Crippen molar-refractivity contribution in [1.82, 2.24) is 5.32 Å². The number of hydrogen-bond donors (Lipinski definition) is 1. The SMILES string of the molecule is Cc1ccc(S(=O)(=O)N(CC(=O)NCCCSC2CCCCC2)c2ccc(Cl)cc2)cc1. The Morgan fingerprint density at radius 1 is 1.06 bits per heavy atom. The van der Waals surface area contributed by atoms with Gasteiger partial charge >= 0.3 is 0 Å². The van der Waals surface area contributed by atoms with Crippen LogP contribution in [0.4, 0.5) is 5.69 Å². The fourth-order valence-electron chi connectivity index (χ4n) is 3.73. The first kappa shape index (κ1) is 24.9. The summed E-state index contributed by atoms with van der Waals surface area (Å²) in [6.07, 6.45) is 7.46. The van der Waals surface area contributed by atoms with Gasteiger partial charge in [-0.25, -0.2) is 8.42 Å². The van der Waals surface area contributed by atoms with Gasteiger partial charge < -0.3 is 5.32 Å². The Hall–Kier alpha value is -1.70. The normalized spacial score (nSPS) is 14.8. The average molecular weight is 495 g/mol. The van der Waals surface area contributed by atoms with Crippen LogP contribution in [0.5, 0.6) is 0 Å². The van der Waals surface area contributed by atoms with Gasteiger partial charge in [-0.05, 0) is 68.3 Å². The second-order valence-corrected chi connectivity index (χ2v) is 11.8. The molecular formula is C24H31ClN2O3S2. The smallest absolute Gasteiger partial charge is 0.264 e. The third-order valence-corrected chi connectivity index (χ3v) is 9.07. The van der Waals surface area contributed by atoms with E-state index < -0.39 is 10.0 Å². The molecule has 1 aliphatic rings. The van der Waals surface area contributed by atoms with Crippen LogP contribution in [-0.2, 0) is 14.8 Å². The van der Waals surface area contributed by atoms with Crippen molar-refractivity contribution in [3.05, 3.63) is 59.1 Å². The van der Waals surface area contributed by atoms with Gasteiger partial charge in [-0.2, -0.15) is 11.8 Å². The van der Waals surface area contributed by atoms with E-state index in [-0.39, 0.29) is 17.3 Å². The van der Waals surface area contributed by atoms with Crippen molar-refractivity contribution in [3.8, 4) is 0 Å². The Morgan fingerprint density at radius 2 is 1.72 bits per heavy atom. The van der Waals surface area contributed by atoms with Gasteiger partial charge in [0.05, 0.1) is 10.6 Å². The summed E-state index contributed by atoms with van der Waals surface area (Å²) in [4.78, 5) is 12.8. The predicted octanol–water partition coefficient (Wildman–Crippen LogP) is 5.42. The molecule has 1 fully saturated rings. The fraction of sp³-hybridized carbons (Fsp3) is 0.458. The van der Waals surface area contributed by atoms with Gasteiger partial charge in [-0.3, -0.25) is 9.10 Å². The van der Waals surface area contributed by atoms with E-state index in [9.17, 15) is 13.2 Å². The van der Waals surface area contributed by atoms with Crippen LogP contribution in [0.15, 0.2) is 53.4 Å². The third-order valence-electron chi connectivity index (χ3n) is 5.56. The molecule has 0 atom stereocenters. The zero-order valence-corrected chi connectivity index (χ0v) is 20.8. The number of rotatable bonds is 10. The highest BCUT2D eigenvalue weighted by Crippen LogP contribution is 2.28. The van der Waals surface area contributed by atoms with Gasteiger partial charge in [0, 0.05) is 16.8 Å². The molecule has 2 aromatic rings. The summed E-state index contributed by atoms with van der Waals surface area (Å²) in [5, 5.41) is 4.13. The van der Waals surface area contributed by atoms with Crippen LogP contribution in [0.3, 0.4) is 0 Å². The second-order valence-electron chi connectivity index (χ2n) is 8.14. The minimum atomic E-state index is -3.90. The molecule has 2 aromatic carbocycles. The van der Waals surface area contributed by atoms with Crippen LogP contribution < -0.4 is 9.62 Å². The van der Waals surface area contributed by atoms with Crippen molar-refractivity contribution in [2.75, 3.05) is 23.1 Å². The first-order valence-electron chi connectivity index (χ1n) is 11.1.